The van der Waals surface area contributed by atoms with Crippen LogP contribution in [-0.4, -0.2) is 35.2 Å². The van der Waals surface area contributed by atoms with Crippen LogP contribution < -0.4 is 0 Å². The number of likely N-dealkylation sites (N-methyl/N-ethyl adjacent to an activating group) is 1. The van der Waals surface area contributed by atoms with E-state index < -0.39 is 5.60 Å². The van der Waals surface area contributed by atoms with Crippen LogP contribution in [0.1, 0.15) is 24.0 Å². The molecule has 0 spiro atoms. The third kappa shape index (κ3) is 2.37. The van der Waals surface area contributed by atoms with E-state index in [1.807, 2.05) is 36.4 Å². The van der Waals surface area contributed by atoms with E-state index in [-0.39, 0.29) is 5.92 Å². The Balaban J connectivity index is 1.97. The smallest absolute Gasteiger partial charge is 0.101 e. The van der Waals surface area contributed by atoms with Crippen LogP contribution in [0.5, 0.6) is 0 Å². The normalized spacial score (nSPS) is 17.9. The highest BCUT2D eigenvalue weighted by atomic mass is 16.3. The molecule has 1 N–H and O–H groups in total. The van der Waals surface area contributed by atoms with E-state index in [4.69, 9.17) is 0 Å². The number of hydrogen-bond donors (Lipinski definition) is 1. The highest BCUT2D eigenvalue weighted by Gasteiger charge is 2.47. The summed E-state index contributed by atoms with van der Waals surface area (Å²) < 4.78 is 0. The second-order valence-corrected chi connectivity index (χ2v) is 5.66. The molecule has 0 radical (unpaired) electrons. The van der Waals surface area contributed by atoms with Crippen molar-refractivity contribution in [2.75, 3.05) is 19.6 Å². The molecule has 0 aromatic heterocycles. The number of β-amino-alcohol motifs (C(OH)–C–C–N with tert-alkyl or cyclic N) is 1. The lowest BCUT2D eigenvalue weighted by Crippen LogP contribution is -2.64. The molecule has 1 heterocycles. The molecular weight excluding hydrogens is 246 g/mol. The van der Waals surface area contributed by atoms with Gasteiger partial charge in [0.15, 0.2) is 0 Å². The molecule has 1 saturated heterocycles. The summed E-state index contributed by atoms with van der Waals surface area (Å²) in [5.41, 5.74) is 1.73. The maximum absolute atomic E-state index is 11.0. The maximum Gasteiger partial charge on any atom is 0.101 e. The molecule has 0 saturated carbocycles. The Morgan fingerprint density at radius 3 is 1.80 bits per heavy atom. The van der Waals surface area contributed by atoms with Crippen LogP contribution in [-0.2, 0) is 0 Å². The summed E-state index contributed by atoms with van der Waals surface area (Å²) in [6.07, 6.45) is 0. The fraction of sp³-hybridized carbons (Fsp3) is 0.333. The third-order valence-electron chi connectivity index (χ3n) is 4.25. The zero-order valence-corrected chi connectivity index (χ0v) is 11.9. The van der Waals surface area contributed by atoms with E-state index >= 15 is 0 Å². The van der Waals surface area contributed by atoms with E-state index in [1.54, 1.807) is 0 Å². The number of benzene rings is 2. The van der Waals surface area contributed by atoms with Gasteiger partial charge in [0.2, 0.25) is 0 Å². The zero-order valence-electron chi connectivity index (χ0n) is 11.9. The van der Waals surface area contributed by atoms with Gasteiger partial charge in [0.05, 0.1) is 0 Å². The summed E-state index contributed by atoms with van der Waals surface area (Å²) in [6, 6.07) is 20.7. The van der Waals surface area contributed by atoms with Crippen molar-refractivity contribution in [3.63, 3.8) is 0 Å². The minimum atomic E-state index is -0.654. The van der Waals surface area contributed by atoms with E-state index in [0.717, 1.165) is 19.6 Å². The Kier molecular flexibility index (Phi) is 3.60. The molecule has 3 rings (SSSR count). The van der Waals surface area contributed by atoms with Crippen LogP contribution in [0.4, 0.5) is 0 Å². The van der Waals surface area contributed by atoms with Gasteiger partial charge in [-0.2, -0.15) is 0 Å². The molecule has 2 aromatic rings. The Morgan fingerprint density at radius 2 is 1.40 bits per heavy atom. The van der Waals surface area contributed by atoms with Gasteiger partial charge in [-0.05, 0) is 17.7 Å². The Bertz CT molecular complexity index is 507. The first-order valence-electron chi connectivity index (χ1n) is 7.27. The van der Waals surface area contributed by atoms with Gasteiger partial charge in [0.1, 0.15) is 5.60 Å². The lowest BCUT2D eigenvalue weighted by molar-refractivity contribution is -0.106. The quantitative estimate of drug-likeness (QED) is 0.920. The fourth-order valence-corrected chi connectivity index (χ4v) is 3.24. The van der Waals surface area contributed by atoms with Crippen LogP contribution in [0, 0.1) is 0 Å². The molecule has 0 bridgehead atoms. The number of rotatable bonds is 4. The predicted octanol–water partition coefficient (Wildman–Crippen LogP) is 2.89. The zero-order chi connectivity index (χ0) is 14.0. The van der Waals surface area contributed by atoms with Gasteiger partial charge in [-0.25, -0.2) is 0 Å². The molecule has 2 heteroatoms. The molecule has 0 aliphatic carbocycles. The van der Waals surface area contributed by atoms with Crippen LogP contribution in [0.2, 0.25) is 0 Å². The second-order valence-electron chi connectivity index (χ2n) is 5.66. The molecule has 0 unspecified atom stereocenters. The van der Waals surface area contributed by atoms with E-state index in [9.17, 15) is 5.11 Å². The third-order valence-corrected chi connectivity index (χ3v) is 4.25. The SMILES string of the molecule is CCN1CC(O)(C(c2ccccc2)c2ccccc2)C1. The molecule has 20 heavy (non-hydrogen) atoms. The predicted molar refractivity (Wildman–Crippen MR) is 81.8 cm³/mol. The first-order chi connectivity index (χ1) is 9.73. The van der Waals surface area contributed by atoms with Crippen molar-refractivity contribution < 1.29 is 5.11 Å². The number of hydrogen-bond acceptors (Lipinski definition) is 2. The molecule has 104 valence electrons. The maximum atomic E-state index is 11.0. The van der Waals surface area contributed by atoms with Crippen molar-refractivity contribution in [3.8, 4) is 0 Å². The molecule has 0 atom stereocenters. The number of likely N-dealkylation sites (tertiary alicyclic amines) is 1. The lowest BCUT2D eigenvalue weighted by Gasteiger charge is -2.50. The first kappa shape index (κ1) is 13.3. The lowest BCUT2D eigenvalue weighted by atomic mass is 9.73. The molecule has 1 aliphatic rings. The van der Waals surface area contributed by atoms with Gasteiger partial charge in [-0.15, -0.1) is 0 Å². The molecule has 0 amide bonds. The van der Waals surface area contributed by atoms with Gasteiger partial charge in [-0.3, -0.25) is 4.90 Å². The summed E-state index contributed by atoms with van der Waals surface area (Å²) in [4.78, 5) is 2.28. The van der Waals surface area contributed by atoms with Crippen LogP contribution in [0.15, 0.2) is 60.7 Å². The molecule has 2 nitrogen and oxygen atoms in total. The van der Waals surface area contributed by atoms with Gasteiger partial charge < -0.3 is 5.11 Å². The van der Waals surface area contributed by atoms with Crippen molar-refractivity contribution in [3.05, 3.63) is 71.8 Å². The van der Waals surface area contributed by atoms with Gasteiger partial charge in [-0.1, -0.05) is 67.6 Å². The summed E-state index contributed by atoms with van der Waals surface area (Å²) in [5.74, 6) is 0.0488. The van der Waals surface area contributed by atoms with Gasteiger partial charge in [0, 0.05) is 19.0 Å². The van der Waals surface area contributed by atoms with Gasteiger partial charge in [0.25, 0.3) is 0 Å². The average Bonchev–Trinajstić information content (AvgIpc) is 2.47. The fourth-order valence-electron chi connectivity index (χ4n) is 3.24. The average molecular weight is 267 g/mol. The minimum absolute atomic E-state index is 0.0488. The summed E-state index contributed by atoms with van der Waals surface area (Å²) in [6.45, 7) is 4.63. The van der Waals surface area contributed by atoms with Crippen molar-refractivity contribution >= 4 is 0 Å². The number of nitrogens with zero attached hydrogens (tertiary/aromatic N) is 1. The topological polar surface area (TPSA) is 23.5 Å². The van der Waals surface area contributed by atoms with E-state index in [0.29, 0.717) is 0 Å². The highest BCUT2D eigenvalue weighted by Crippen LogP contribution is 2.40. The van der Waals surface area contributed by atoms with E-state index in [1.165, 1.54) is 11.1 Å². The van der Waals surface area contributed by atoms with E-state index in [2.05, 4.69) is 36.1 Å². The minimum Gasteiger partial charge on any atom is -0.386 e. The largest absolute Gasteiger partial charge is 0.386 e. The van der Waals surface area contributed by atoms with Crippen molar-refractivity contribution in [1.29, 1.82) is 0 Å². The monoisotopic (exact) mass is 267 g/mol. The van der Waals surface area contributed by atoms with Crippen LogP contribution in [0.3, 0.4) is 0 Å². The Hall–Kier alpha value is -1.64. The molecule has 2 aromatic carbocycles. The Labute approximate surface area is 120 Å². The second kappa shape index (κ2) is 5.39. The highest BCUT2D eigenvalue weighted by molar-refractivity contribution is 5.37. The van der Waals surface area contributed by atoms with Crippen molar-refractivity contribution in [2.45, 2.75) is 18.4 Å². The standard InChI is InChI=1S/C18H21NO/c1-2-19-13-18(20,14-19)17(15-9-5-3-6-10-15)16-11-7-4-8-12-16/h3-12,17,20H,2,13-14H2,1H3. The summed E-state index contributed by atoms with van der Waals surface area (Å²) >= 11 is 0. The molecular formula is C18H21NO. The van der Waals surface area contributed by atoms with Crippen molar-refractivity contribution in [1.82, 2.24) is 4.90 Å². The van der Waals surface area contributed by atoms with Crippen molar-refractivity contribution in [2.24, 2.45) is 0 Å². The Morgan fingerprint density at radius 1 is 0.950 bits per heavy atom. The number of aliphatic hydroxyl groups is 1. The summed E-state index contributed by atoms with van der Waals surface area (Å²) in [5, 5.41) is 11.0. The van der Waals surface area contributed by atoms with Crippen LogP contribution in [0.25, 0.3) is 0 Å². The van der Waals surface area contributed by atoms with Gasteiger partial charge >= 0.3 is 0 Å². The molecule has 1 fully saturated rings. The van der Waals surface area contributed by atoms with Crippen LogP contribution >= 0.6 is 0 Å². The summed E-state index contributed by atoms with van der Waals surface area (Å²) in [7, 11) is 0. The first-order valence-corrected chi connectivity index (χ1v) is 7.27. The molecule has 1 aliphatic heterocycles.